The van der Waals surface area contributed by atoms with E-state index >= 15 is 0 Å². The average Bonchev–Trinajstić information content (AvgIpc) is 2.29. The number of piperazine rings is 1. The van der Waals surface area contributed by atoms with E-state index in [1.54, 1.807) is 12.1 Å². The fourth-order valence-electron chi connectivity index (χ4n) is 2.17. The molecule has 1 unspecified atom stereocenters. The predicted molar refractivity (Wildman–Crippen MR) is 66.5 cm³/mol. The molecule has 0 amide bonds. The molecule has 0 spiro atoms. The highest BCUT2D eigenvalue weighted by atomic mass is 35.5. The minimum atomic E-state index is -0.144. The molecule has 1 N–H and O–H groups in total. The summed E-state index contributed by atoms with van der Waals surface area (Å²) in [5.74, 6) is -0.144. The Bertz CT molecular complexity index is 333. The van der Waals surface area contributed by atoms with Crippen LogP contribution in [0.25, 0.3) is 0 Å². The minimum absolute atomic E-state index is 0. The van der Waals surface area contributed by atoms with Crippen LogP contribution in [0.1, 0.15) is 18.5 Å². The number of rotatable bonds is 2. The largest absolute Gasteiger partial charge is 0.314 e. The van der Waals surface area contributed by atoms with Crippen LogP contribution in [0.2, 0.25) is 0 Å². The van der Waals surface area contributed by atoms with Gasteiger partial charge in [0.2, 0.25) is 0 Å². The topological polar surface area (TPSA) is 15.3 Å². The van der Waals surface area contributed by atoms with Gasteiger partial charge in [0.05, 0.1) is 0 Å². The van der Waals surface area contributed by atoms with E-state index in [0.29, 0.717) is 6.04 Å². The zero-order valence-corrected chi connectivity index (χ0v) is 10.3. The number of likely N-dealkylation sites (N-methyl/N-ethyl adjacent to an activating group) is 1. The second-order valence-electron chi connectivity index (χ2n) is 3.90. The Morgan fingerprint density at radius 2 is 2.31 bits per heavy atom. The number of benzene rings is 1. The first-order valence-corrected chi connectivity index (χ1v) is 5.51. The van der Waals surface area contributed by atoms with E-state index in [1.807, 2.05) is 6.07 Å². The average molecular weight is 245 g/mol. The molecule has 0 aromatic heterocycles. The molecule has 1 aliphatic rings. The van der Waals surface area contributed by atoms with Gasteiger partial charge in [-0.1, -0.05) is 19.1 Å². The Morgan fingerprint density at radius 1 is 1.50 bits per heavy atom. The lowest BCUT2D eigenvalue weighted by Gasteiger charge is -2.35. The quantitative estimate of drug-likeness (QED) is 0.858. The molecule has 2 rings (SSSR count). The van der Waals surface area contributed by atoms with Crippen LogP contribution < -0.4 is 5.32 Å². The minimum Gasteiger partial charge on any atom is -0.314 e. The molecule has 0 aliphatic carbocycles. The summed E-state index contributed by atoms with van der Waals surface area (Å²) in [6.07, 6.45) is 0. The summed E-state index contributed by atoms with van der Waals surface area (Å²) in [4.78, 5) is 2.38. The van der Waals surface area contributed by atoms with Crippen LogP contribution in [0.4, 0.5) is 4.39 Å². The molecule has 1 fully saturated rings. The molecule has 1 aromatic rings. The maximum atomic E-state index is 13.1. The van der Waals surface area contributed by atoms with E-state index < -0.39 is 0 Å². The Kier molecular flexibility index (Phi) is 5.19. The Balaban J connectivity index is 0.00000128. The molecule has 0 saturated carbocycles. The first-order valence-electron chi connectivity index (χ1n) is 5.51. The van der Waals surface area contributed by atoms with Crippen molar-refractivity contribution in [2.45, 2.75) is 13.0 Å². The molecule has 0 bridgehead atoms. The molecule has 1 aliphatic heterocycles. The summed E-state index contributed by atoms with van der Waals surface area (Å²) >= 11 is 0. The van der Waals surface area contributed by atoms with Crippen LogP contribution >= 0.6 is 12.4 Å². The smallest absolute Gasteiger partial charge is 0.123 e. The lowest BCUT2D eigenvalue weighted by atomic mass is 10.0. The van der Waals surface area contributed by atoms with Crippen molar-refractivity contribution in [1.82, 2.24) is 10.2 Å². The van der Waals surface area contributed by atoms with E-state index in [2.05, 4.69) is 17.1 Å². The third kappa shape index (κ3) is 2.94. The number of nitrogens with one attached hydrogen (secondary N) is 1. The van der Waals surface area contributed by atoms with Gasteiger partial charge >= 0.3 is 0 Å². The highest BCUT2D eigenvalue weighted by Crippen LogP contribution is 2.22. The summed E-state index contributed by atoms with van der Waals surface area (Å²) in [5.41, 5.74) is 1.07. The van der Waals surface area contributed by atoms with E-state index in [9.17, 15) is 4.39 Å². The third-order valence-electron chi connectivity index (χ3n) is 2.99. The molecule has 1 heterocycles. The first kappa shape index (κ1) is 13.4. The molecule has 1 saturated heterocycles. The van der Waals surface area contributed by atoms with Crippen LogP contribution in [0, 0.1) is 5.82 Å². The van der Waals surface area contributed by atoms with Crippen molar-refractivity contribution in [2.24, 2.45) is 0 Å². The summed E-state index contributed by atoms with van der Waals surface area (Å²) in [7, 11) is 0. The van der Waals surface area contributed by atoms with E-state index in [0.717, 1.165) is 31.7 Å². The highest BCUT2D eigenvalue weighted by Gasteiger charge is 2.22. The highest BCUT2D eigenvalue weighted by molar-refractivity contribution is 5.85. The van der Waals surface area contributed by atoms with Gasteiger partial charge in [0.1, 0.15) is 5.82 Å². The van der Waals surface area contributed by atoms with Gasteiger partial charge in [-0.2, -0.15) is 0 Å². The van der Waals surface area contributed by atoms with E-state index in [1.165, 1.54) is 6.07 Å². The van der Waals surface area contributed by atoms with Gasteiger partial charge in [-0.05, 0) is 24.2 Å². The monoisotopic (exact) mass is 244 g/mol. The Labute approximate surface area is 102 Å². The molecule has 1 atom stereocenters. The lowest BCUT2D eigenvalue weighted by Crippen LogP contribution is -2.45. The summed E-state index contributed by atoms with van der Waals surface area (Å²) in [5, 5.41) is 3.35. The van der Waals surface area contributed by atoms with Crippen molar-refractivity contribution in [2.75, 3.05) is 26.2 Å². The maximum absolute atomic E-state index is 13.1. The predicted octanol–water partition coefficient (Wildman–Crippen LogP) is 2.21. The molecular weight excluding hydrogens is 227 g/mol. The van der Waals surface area contributed by atoms with Crippen molar-refractivity contribution in [3.63, 3.8) is 0 Å². The Hall–Kier alpha value is -0.640. The van der Waals surface area contributed by atoms with Crippen LogP contribution in [-0.4, -0.2) is 31.1 Å². The molecule has 2 nitrogen and oxygen atoms in total. The fourth-order valence-corrected chi connectivity index (χ4v) is 2.17. The zero-order chi connectivity index (χ0) is 10.7. The molecule has 4 heteroatoms. The SMILES string of the molecule is CCN1CCNCC1c1cccc(F)c1.Cl. The van der Waals surface area contributed by atoms with Gasteiger partial charge in [0.15, 0.2) is 0 Å². The van der Waals surface area contributed by atoms with Crippen LogP contribution in [0.3, 0.4) is 0 Å². The molecular formula is C12H18ClFN2. The van der Waals surface area contributed by atoms with Crippen LogP contribution in [0.5, 0.6) is 0 Å². The number of hydrogen-bond acceptors (Lipinski definition) is 2. The normalized spacial score (nSPS) is 21.5. The van der Waals surface area contributed by atoms with Gasteiger partial charge in [-0.3, -0.25) is 4.90 Å². The van der Waals surface area contributed by atoms with Gasteiger partial charge < -0.3 is 5.32 Å². The molecule has 0 radical (unpaired) electrons. The van der Waals surface area contributed by atoms with E-state index in [4.69, 9.17) is 0 Å². The summed E-state index contributed by atoms with van der Waals surface area (Å²) in [6, 6.07) is 7.24. The second-order valence-corrected chi connectivity index (χ2v) is 3.90. The first-order chi connectivity index (χ1) is 7.31. The van der Waals surface area contributed by atoms with Gasteiger partial charge in [0, 0.05) is 25.7 Å². The molecule has 1 aromatic carbocycles. The van der Waals surface area contributed by atoms with Crippen molar-refractivity contribution in [3.05, 3.63) is 35.6 Å². The third-order valence-corrected chi connectivity index (χ3v) is 2.99. The van der Waals surface area contributed by atoms with Gasteiger partial charge in [0.25, 0.3) is 0 Å². The van der Waals surface area contributed by atoms with Crippen molar-refractivity contribution in [3.8, 4) is 0 Å². The summed E-state index contributed by atoms with van der Waals surface area (Å²) < 4.78 is 13.1. The zero-order valence-electron chi connectivity index (χ0n) is 9.45. The Morgan fingerprint density at radius 3 is 3.00 bits per heavy atom. The molecule has 16 heavy (non-hydrogen) atoms. The van der Waals surface area contributed by atoms with Crippen molar-refractivity contribution < 1.29 is 4.39 Å². The second kappa shape index (κ2) is 6.18. The van der Waals surface area contributed by atoms with Crippen molar-refractivity contribution >= 4 is 12.4 Å². The van der Waals surface area contributed by atoms with Crippen molar-refractivity contribution in [1.29, 1.82) is 0 Å². The number of nitrogens with zero attached hydrogens (tertiary/aromatic N) is 1. The number of hydrogen-bond donors (Lipinski definition) is 1. The molecule has 90 valence electrons. The maximum Gasteiger partial charge on any atom is 0.123 e. The standard InChI is InChI=1S/C12H17FN2.ClH/c1-2-15-7-6-14-9-12(15)10-4-3-5-11(13)8-10;/h3-5,8,12,14H,2,6-7,9H2,1H3;1H. The fraction of sp³-hybridized carbons (Fsp3) is 0.500. The van der Waals surface area contributed by atoms with Gasteiger partial charge in [-0.15, -0.1) is 12.4 Å². The van der Waals surface area contributed by atoms with Gasteiger partial charge in [-0.25, -0.2) is 4.39 Å². The summed E-state index contributed by atoms with van der Waals surface area (Å²) in [6.45, 7) is 6.15. The number of halogens is 2. The van der Waals surface area contributed by atoms with Crippen LogP contribution in [-0.2, 0) is 0 Å². The lowest BCUT2D eigenvalue weighted by molar-refractivity contribution is 0.170. The van der Waals surface area contributed by atoms with E-state index in [-0.39, 0.29) is 18.2 Å². The van der Waals surface area contributed by atoms with Crippen LogP contribution in [0.15, 0.2) is 24.3 Å².